The zero-order valence-electron chi connectivity index (χ0n) is 24.0. The molecule has 230 valence electrons. The lowest BCUT2D eigenvalue weighted by molar-refractivity contribution is -0.152. The molecule has 0 saturated carbocycles. The van der Waals surface area contributed by atoms with Crippen LogP contribution in [0.3, 0.4) is 0 Å². The van der Waals surface area contributed by atoms with E-state index < -0.39 is 48.1 Å². The van der Waals surface area contributed by atoms with E-state index in [1.165, 1.54) is 40.5 Å². The van der Waals surface area contributed by atoms with E-state index in [-0.39, 0.29) is 41.1 Å². The molecule has 2 saturated heterocycles. The van der Waals surface area contributed by atoms with Gasteiger partial charge in [0, 0.05) is 38.9 Å². The molecule has 13 heteroatoms. The smallest absolute Gasteiger partial charge is 0.299 e. The van der Waals surface area contributed by atoms with Gasteiger partial charge in [-0.15, -0.1) is 11.3 Å². The van der Waals surface area contributed by atoms with Crippen LogP contribution in [0, 0.1) is 12.3 Å². The average molecular weight is 624 g/mol. The third-order valence-electron chi connectivity index (χ3n) is 8.35. The van der Waals surface area contributed by atoms with Gasteiger partial charge in [0.2, 0.25) is 11.8 Å². The summed E-state index contributed by atoms with van der Waals surface area (Å²) in [7, 11) is 0. The SMILES string of the molecule is Cc1cccc2c1-c1cc(C(=O)NCC(=O)N3CC4(C[C@H]3C(=O)NC(C)c3cc(C(=N)N)cs3)OCCO4)ccc1C2(F)F. The number of rotatable bonds is 7. The fourth-order valence-corrected chi connectivity index (χ4v) is 7.02. The first kappa shape index (κ1) is 29.9. The molecule has 44 heavy (non-hydrogen) atoms. The minimum atomic E-state index is -3.18. The lowest BCUT2D eigenvalue weighted by atomic mass is 9.99. The molecule has 0 bridgehead atoms. The molecule has 3 aliphatic rings. The first-order chi connectivity index (χ1) is 20.9. The zero-order valence-corrected chi connectivity index (χ0v) is 24.9. The summed E-state index contributed by atoms with van der Waals surface area (Å²) in [6.45, 7) is 3.77. The summed E-state index contributed by atoms with van der Waals surface area (Å²) in [5.74, 6) is -5.92. The molecule has 10 nitrogen and oxygen atoms in total. The van der Waals surface area contributed by atoms with Crippen molar-refractivity contribution in [3.8, 4) is 11.1 Å². The third-order valence-corrected chi connectivity index (χ3v) is 9.46. The standard InChI is InChI=1S/C31H31F2N5O5S/c1-16-4-3-5-22-26(16)20-10-18(6-7-21(20)31(22,32)33)28(40)36-13-25(39)38-15-30(42-8-9-43-30)12-23(38)29(41)37-17(2)24-11-19(14-44-24)27(34)35/h3-7,10-11,14,17,23H,8-9,12-13,15H2,1-2H3,(H3,34,35)(H,36,40)(H,37,41)/t17?,23-/m0/s1. The molecule has 1 aromatic heterocycles. The van der Waals surface area contributed by atoms with Crippen LogP contribution in [0.15, 0.2) is 47.8 Å². The van der Waals surface area contributed by atoms with Crippen molar-refractivity contribution in [2.24, 2.45) is 5.73 Å². The number of amides is 3. The number of ether oxygens (including phenoxy) is 2. The van der Waals surface area contributed by atoms with Crippen molar-refractivity contribution in [3.63, 3.8) is 0 Å². The van der Waals surface area contributed by atoms with E-state index >= 15 is 8.78 Å². The molecule has 1 aliphatic carbocycles. The van der Waals surface area contributed by atoms with Crippen molar-refractivity contribution in [3.05, 3.63) is 80.5 Å². The topological polar surface area (TPSA) is 147 Å². The van der Waals surface area contributed by atoms with E-state index in [4.69, 9.17) is 20.6 Å². The Hall–Kier alpha value is -4.20. The molecule has 2 fully saturated rings. The number of carbonyl (C=O) groups excluding carboxylic acids is 3. The highest BCUT2D eigenvalue weighted by Crippen LogP contribution is 2.52. The summed E-state index contributed by atoms with van der Waals surface area (Å²) < 4.78 is 41.8. The molecule has 6 rings (SSSR count). The lowest BCUT2D eigenvalue weighted by Crippen LogP contribution is -2.49. The van der Waals surface area contributed by atoms with Crippen LogP contribution in [0.4, 0.5) is 8.78 Å². The summed E-state index contributed by atoms with van der Waals surface area (Å²) in [4.78, 5) is 42.1. The maximum Gasteiger partial charge on any atom is 0.299 e. The number of nitrogens with one attached hydrogen (secondary N) is 3. The van der Waals surface area contributed by atoms with Crippen molar-refractivity contribution >= 4 is 34.9 Å². The Bertz CT molecular complexity index is 1690. The van der Waals surface area contributed by atoms with Crippen molar-refractivity contribution in [1.82, 2.24) is 15.5 Å². The number of likely N-dealkylation sites (tertiary alicyclic amines) is 1. The van der Waals surface area contributed by atoms with Crippen molar-refractivity contribution in [2.45, 2.75) is 44.1 Å². The van der Waals surface area contributed by atoms with Crippen LogP contribution in [0.25, 0.3) is 11.1 Å². The minimum absolute atomic E-state index is 0.00560. The first-order valence-corrected chi connectivity index (χ1v) is 15.0. The number of amidine groups is 1. The average Bonchev–Trinajstić information content (AvgIpc) is 3.78. The van der Waals surface area contributed by atoms with E-state index in [0.29, 0.717) is 29.9 Å². The van der Waals surface area contributed by atoms with Crippen molar-refractivity contribution < 1.29 is 32.6 Å². The number of fused-ring (bicyclic) bond motifs is 3. The van der Waals surface area contributed by atoms with Gasteiger partial charge in [-0.2, -0.15) is 8.78 Å². The highest BCUT2D eigenvalue weighted by molar-refractivity contribution is 7.10. The minimum Gasteiger partial charge on any atom is -0.384 e. The van der Waals surface area contributed by atoms with Crippen LogP contribution in [0.5, 0.6) is 0 Å². The maximum atomic E-state index is 15.1. The summed E-state index contributed by atoms with van der Waals surface area (Å²) in [5, 5.41) is 14.8. The van der Waals surface area contributed by atoms with Crippen LogP contribution >= 0.6 is 11.3 Å². The Morgan fingerprint density at radius 2 is 1.89 bits per heavy atom. The highest BCUT2D eigenvalue weighted by Gasteiger charge is 2.52. The number of thiophene rings is 1. The number of nitrogens with two attached hydrogens (primary N) is 1. The van der Waals surface area contributed by atoms with Gasteiger partial charge in [-0.05, 0) is 48.7 Å². The fourth-order valence-electron chi connectivity index (χ4n) is 6.10. The maximum absolute atomic E-state index is 15.1. The number of aryl methyl sites for hydroxylation is 1. The summed E-state index contributed by atoms with van der Waals surface area (Å²) >= 11 is 1.36. The second-order valence-corrected chi connectivity index (χ2v) is 12.2. The second kappa shape index (κ2) is 11.1. The van der Waals surface area contributed by atoms with E-state index in [2.05, 4.69) is 10.6 Å². The predicted molar refractivity (Wildman–Crippen MR) is 159 cm³/mol. The lowest BCUT2D eigenvalue weighted by Gasteiger charge is -2.25. The number of alkyl halides is 2. The number of nitrogen functional groups attached to an aromatic ring is 1. The van der Waals surface area contributed by atoms with Gasteiger partial charge in [-0.25, -0.2) is 0 Å². The van der Waals surface area contributed by atoms with Gasteiger partial charge in [-0.3, -0.25) is 19.8 Å². The highest BCUT2D eigenvalue weighted by atomic mass is 32.1. The summed E-state index contributed by atoms with van der Waals surface area (Å²) in [5.41, 5.74) is 7.34. The number of halogens is 2. The Labute approximate surface area is 256 Å². The molecular formula is C31H31F2N5O5S. The van der Waals surface area contributed by atoms with Gasteiger partial charge in [0.05, 0.1) is 32.3 Å². The van der Waals surface area contributed by atoms with Gasteiger partial charge in [0.1, 0.15) is 11.9 Å². The van der Waals surface area contributed by atoms with Gasteiger partial charge in [-0.1, -0.05) is 24.3 Å². The number of carbonyl (C=O) groups is 3. The molecule has 2 aromatic carbocycles. The summed E-state index contributed by atoms with van der Waals surface area (Å²) in [6, 6.07) is 9.10. The fraction of sp³-hybridized carbons (Fsp3) is 0.355. The number of hydrogen-bond acceptors (Lipinski definition) is 7. The van der Waals surface area contributed by atoms with E-state index in [1.54, 1.807) is 37.4 Å². The van der Waals surface area contributed by atoms with Gasteiger partial charge in [0.15, 0.2) is 5.79 Å². The van der Waals surface area contributed by atoms with Crippen molar-refractivity contribution in [1.29, 1.82) is 5.41 Å². The Morgan fingerprint density at radius 3 is 2.59 bits per heavy atom. The molecular weight excluding hydrogens is 592 g/mol. The largest absolute Gasteiger partial charge is 0.384 e. The van der Waals surface area contributed by atoms with Gasteiger partial charge >= 0.3 is 0 Å². The molecule has 2 aliphatic heterocycles. The second-order valence-electron chi connectivity index (χ2n) is 11.2. The Kier molecular flexibility index (Phi) is 7.50. The first-order valence-electron chi connectivity index (χ1n) is 14.1. The van der Waals surface area contributed by atoms with Crippen LogP contribution in [0.2, 0.25) is 0 Å². The molecule has 3 heterocycles. The molecule has 0 radical (unpaired) electrons. The Morgan fingerprint density at radius 1 is 1.14 bits per heavy atom. The number of nitrogens with zero attached hydrogens (tertiary/aromatic N) is 1. The Balaban J connectivity index is 1.16. The van der Waals surface area contributed by atoms with Crippen LogP contribution < -0.4 is 16.4 Å². The molecule has 5 N–H and O–H groups in total. The van der Waals surface area contributed by atoms with E-state index in [9.17, 15) is 14.4 Å². The predicted octanol–water partition coefficient (Wildman–Crippen LogP) is 3.41. The summed E-state index contributed by atoms with van der Waals surface area (Å²) in [6.07, 6.45) is 0.117. The zero-order chi connectivity index (χ0) is 31.4. The molecule has 1 spiro atoms. The molecule has 1 unspecified atom stereocenters. The molecule has 2 atom stereocenters. The van der Waals surface area contributed by atoms with Crippen LogP contribution in [-0.4, -0.2) is 66.6 Å². The third kappa shape index (κ3) is 5.14. The molecule has 3 amide bonds. The quantitative estimate of drug-likeness (QED) is 0.234. The van der Waals surface area contributed by atoms with Crippen LogP contribution in [-0.2, 0) is 25.0 Å². The van der Waals surface area contributed by atoms with Crippen LogP contribution in [0.1, 0.15) is 56.9 Å². The monoisotopic (exact) mass is 623 g/mol. The normalized spacial score (nSPS) is 19.8. The van der Waals surface area contributed by atoms with Gasteiger partial charge < -0.3 is 30.7 Å². The van der Waals surface area contributed by atoms with E-state index in [1.807, 2.05) is 0 Å². The van der Waals surface area contributed by atoms with Crippen molar-refractivity contribution in [2.75, 3.05) is 26.3 Å². The number of benzene rings is 2. The number of hydrogen-bond donors (Lipinski definition) is 4. The molecule has 3 aromatic rings. The van der Waals surface area contributed by atoms with E-state index in [0.717, 1.165) is 4.88 Å². The van der Waals surface area contributed by atoms with Gasteiger partial charge in [0.25, 0.3) is 11.8 Å².